The number of ether oxygens (including phenoxy) is 3. The lowest BCUT2D eigenvalue weighted by atomic mass is 10.1. The summed E-state index contributed by atoms with van der Waals surface area (Å²) >= 11 is 0. The van der Waals surface area contributed by atoms with Gasteiger partial charge in [0.15, 0.2) is 5.96 Å². The van der Waals surface area contributed by atoms with Crippen molar-refractivity contribution in [3.05, 3.63) is 29.3 Å². The molecule has 2 N–H and O–H groups in total. The van der Waals surface area contributed by atoms with Gasteiger partial charge in [-0.1, -0.05) is 12.1 Å². The summed E-state index contributed by atoms with van der Waals surface area (Å²) in [5, 5.41) is 6.59. The van der Waals surface area contributed by atoms with Crippen LogP contribution in [0.5, 0.6) is 5.75 Å². The first-order valence-electron chi connectivity index (χ1n) is 9.02. The molecule has 0 aliphatic rings. The molecule has 0 aromatic heterocycles. The summed E-state index contributed by atoms with van der Waals surface area (Å²) < 4.78 is 16.0. The molecule has 0 bridgehead atoms. The van der Waals surface area contributed by atoms with Crippen LogP contribution in [0.4, 0.5) is 0 Å². The number of aliphatic imine (C=N–C) groups is 1. The highest BCUT2D eigenvalue weighted by atomic mass is 16.5. The summed E-state index contributed by atoms with van der Waals surface area (Å²) in [6.45, 7) is 11.1. The smallest absolute Gasteiger partial charge is 0.191 e. The van der Waals surface area contributed by atoms with Crippen LogP contribution < -0.4 is 15.4 Å². The Balaban J connectivity index is 2.42. The highest BCUT2D eigenvalue weighted by molar-refractivity contribution is 5.79. The molecule has 0 saturated heterocycles. The molecule has 142 valence electrons. The highest BCUT2D eigenvalue weighted by Gasteiger charge is 2.02. The van der Waals surface area contributed by atoms with E-state index in [1.807, 2.05) is 13.0 Å². The third-order valence-corrected chi connectivity index (χ3v) is 3.49. The number of aryl methyl sites for hydroxylation is 1. The first-order chi connectivity index (χ1) is 12.2. The van der Waals surface area contributed by atoms with Crippen molar-refractivity contribution in [2.75, 3.05) is 46.6 Å². The maximum Gasteiger partial charge on any atom is 0.191 e. The molecule has 0 spiro atoms. The third kappa shape index (κ3) is 9.31. The highest BCUT2D eigenvalue weighted by Crippen LogP contribution is 2.19. The minimum absolute atomic E-state index is 0.632. The second kappa shape index (κ2) is 13.5. The SMILES string of the molecule is CCNC(=NCc1ccc(OCC)c(C)c1)NCCCOCCOC. The average molecular weight is 351 g/mol. The molecule has 0 unspecified atom stereocenters. The van der Waals surface area contributed by atoms with E-state index in [1.165, 1.54) is 5.56 Å². The zero-order valence-corrected chi connectivity index (χ0v) is 16.1. The Hall–Kier alpha value is -1.79. The fraction of sp³-hybridized carbons (Fsp3) is 0.632. The van der Waals surface area contributed by atoms with E-state index in [2.05, 4.69) is 41.6 Å². The Labute approximate surface area is 152 Å². The van der Waals surface area contributed by atoms with Crippen LogP contribution in [0.3, 0.4) is 0 Å². The minimum atomic E-state index is 0.632. The van der Waals surface area contributed by atoms with Gasteiger partial charge in [-0.15, -0.1) is 0 Å². The van der Waals surface area contributed by atoms with E-state index in [0.29, 0.717) is 33.0 Å². The minimum Gasteiger partial charge on any atom is -0.494 e. The standard InChI is InChI=1S/C19H33N3O3/c1-5-20-19(21-10-7-11-24-13-12-23-4)22-15-17-8-9-18(25-6-2)16(3)14-17/h8-9,14H,5-7,10-13,15H2,1-4H3,(H2,20,21,22). The molecule has 0 atom stereocenters. The largest absolute Gasteiger partial charge is 0.494 e. The van der Waals surface area contributed by atoms with Crippen molar-refractivity contribution in [3.63, 3.8) is 0 Å². The molecular formula is C19H33N3O3. The van der Waals surface area contributed by atoms with Crippen molar-refractivity contribution in [1.29, 1.82) is 0 Å². The molecule has 6 heteroatoms. The quantitative estimate of drug-likeness (QED) is 0.344. The summed E-state index contributed by atoms with van der Waals surface area (Å²) in [4.78, 5) is 4.64. The molecule has 0 heterocycles. The lowest BCUT2D eigenvalue weighted by Gasteiger charge is -2.12. The number of hydrogen-bond acceptors (Lipinski definition) is 4. The summed E-state index contributed by atoms with van der Waals surface area (Å²) in [5.74, 6) is 1.76. The maximum atomic E-state index is 5.58. The Bertz CT molecular complexity index is 507. The van der Waals surface area contributed by atoms with Crippen molar-refractivity contribution >= 4 is 5.96 Å². The van der Waals surface area contributed by atoms with Gasteiger partial charge in [-0.05, 0) is 44.4 Å². The predicted octanol–water partition coefficient (Wildman–Crippen LogP) is 2.50. The van der Waals surface area contributed by atoms with Gasteiger partial charge in [-0.3, -0.25) is 0 Å². The van der Waals surface area contributed by atoms with E-state index in [1.54, 1.807) is 7.11 Å². The van der Waals surface area contributed by atoms with Gasteiger partial charge in [-0.25, -0.2) is 4.99 Å². The summed E-state index contributed by atoms with van der Waals surface area (Å²) in [7, 11) is 1.68. The average Bonchev–Trinajstić information content (AvgIpc) is 2.61. The lowest BCUT2D eigenvalue weighted by Crippen LogP contribution is -2.38. The number of methoxy groups -OCH3 is 1. The van der Waals surface area contributed by atoms with Crippen molar-refractivity contribution < 1.29 is 14.2 Å². The van der Waals surface area contributed by atoms with Crippen LogP contribution in [0.25, 0.3) is 0 Å². The van der Waals surface area contributed by atoms with E-state index >= 15 is 0 Å². The van der Waals surface area contributed by atoms with Gasteiger partial charge < -0.3 is 24.8 Å². The number of rotatable bonds is 12. The van der Waals surface area contributed by atoms with Crippen LogP contribution in [0, 0.1) is 6.92 Å². The molecule has 0 amide bonds. The van der Waals surface area contributed by atoms with E-state index in [9.17, 15) is 0 Å². The van der Waals surface area contributed by atoms with Gasteiger partial charge in [0, 0.05) is 26.8 Å². The molecule has 1 aromatic carbocycles. The van der Waals surface area contributed by atoms with Crippen molar-refractivity contribution in [2.45, 2.75) is 33.7 Å². The Morgan fingerprint density at radius 2 is 1.96 bits per heavy atom. The number of hydrogen-bond donors (Lipinski definition) is 2. The topological polar surface area (TPSA) is 64.1 Å². The zero-order chi connectivity index (χ0) is 18.3. The van der Waals surface area contributed by atoms with E-state index in [4.69, 9.17) is 14.2 Å². The third-order valence-electron chi connectivity index (χ3n) is 3.49. The van der Waals surface area contributed by atoms with E-state index < -0.39 is 0 Å². The Morgan fingerprint density at radius 3 is 2.64 bits per heavy atom. The predicted molar refractivity (Wildman–Crippen MR) is 102 cm³/mol. The number of guanidine groups is 1. The van der Waals surface area contributed by atoms with Gasteiger partial charge in [0.25, 0.3) is 0 Å². The fourth-order valence-corrected chi connectivity index (χ4v) is 2.26. The molecule has 0 aliphatic carbocycles. The van der Waals surface area contributed by atoms with E-state index in [0.717, 1.165) is 36.8 Å². The van der Waals surface area contributed by atoms with Gasteiger partial charge in [0.1, 0.15) is 5.75 Å². The van der Waals surface area contributed by atoms with Crippen molar-refractivity contribution in [3.8, 4) is 5.75 Å². The normalized spacial score (nSPS) is 11.4. The van der Waals surface area contributed by atoms with Crippen LogP contribution in [0.2, 0.25) is 0 Å². The number of benzene rings is 1. The fourth-order valence-electron chi connectivity index (χ4n) is 2.26. The molecule has 0 saturated carbocycles. The van der Waals surface area contributed by atoms with E-state index in [-0.39, 0.29) is 0 Å². The van der Waals surface area contributed by atoms with Gasteiger partial charge >= 0.3 is 0 Å². The van der Waals surface area contributed by atoms with Gasteiger partial charge in [0.2, 0.25) is 0 Å². The van der Waals surface area contributed by atoms with Crippen LogP contribution in [0.15, 0.2) is 23.2 Å². The van der Waals surface area contributed by atoms with Crippen molar-refractivity contribution in [1.82, 2.24) is 10.6 Å². The first-order valence-corrected chi connectivity index (χ1v) is 9.02. The number of nitrogens with zero attached hydrogens (tertiary/aromatic N) is 1. The molecule has 0 fully saturated rings. The second-order valence-corrected chi connectivity index (χ2v) is 5.61. The van der Waals surface area contributed by atoms with Crippen LogP contribution >= 0.6 is 0 Å². The molecule has 1 aromatic rings. The molecule has 6 nitrogen and oxygen atoms in total. The molecule has 0 radical (unpaired) electrons. The number of nitrogens with one attached hydrogen (secondary N) is 2. The van der Waals surface area contributed by atoms with Gasteiger partial charge in [-0.2, -0.15) is 0 Å². The first kappa shape index (κ1) is 21.3. The monoisotopic (exact) mass is 351 g/mol. The summed E-state index contributed by atoms with van der Waals surface area (Å²) in [6, 6.07) is 6.21. The summed E-state index contributed by atoms with van der Waals surface area (Å²) in [5.41, 5.74) is 2.31. The second-order valence-electron chi connectivity index (χ2n) is 5.61. The summed E-state index contributed by atoms with van der Waals surface area (Å²) in [6.07, 6.45) is 0.927. The lowest BCUT2D eigenvalue weighted by molar-refractivity contribution is 0.0698. The molecule has 25 heavy (non-hydrogen) atoms. The Kier molecular flexibility index (Phi) is 11.5. The maximum absolute atomic E-state index is 5.58. The molecule has 0 aliphatic heterocycles. The zero-order valence-electron chi connectivity index (χ0n) is 16.1. The Morgan fingerprint density at radius 1 is 1.12 bits per heavy atom. The van der Waals surface area contributed by atoms with Crippen molar-refractivity contribution in [2.24, 2.45) is 4.99 Å². The molecular weight excluding hydrogens is 318 g/mol. The van der Waals surface area contributed by atoms with Crippen LogP contribution in [0.1, 0.15) is 31.4 Å². The van der Waals surface area contributed by atoms with Gasteiger partial charge in [0.05, 0.1) is 26.4 Å². The molecule has 1 rings (SSSR count). The van der Waals surface area contributed by atoms with Crippen LogP contribution in [-0.2, 0) is 16.0 Å². The van der Waals surface area contributed by atoms with Crippen LogP contribution in [-0.4, -0.2) is 52.6 Å².